The quantitative estimate of drug-likeness (QED) is 0.520. The average molecular weight is 446 g/mol. The molecule has 1 amide bonds. The van der Waals surface area contributed by atoms with E-state index in [1.54, 1.807) is 54.6 Å². The van der Waals surface area contributed by atoms with Crippen LogP contribution in [0.5, 0.6) is 23.0 Å². The van der Waals surface area contributed by atoms with Crippen molar-refractivity contribution in [2.24, 2.45) is 0 Å². The summed E-state index contributed by atoms with van der Waals surface area (Å²) >= 11 is 0. The first-order valence-corrected chi connectivity index (χ1v) is 10.3. The van der Waals surface area contributed by atoms with Crippen molar-refractivity contribution in [3.8, 4) is 29.1 Å². The lowest BCUT2D eigenvalue weighted by Crippen LogP contribution is -2.35. The third kappa shape index (κ3) is 5.73. The van der Waals surface area contributed by atoms with Gasteiger partial charge in [0.25, 0.3) is 5.91 Å². The van der Waals surface area contributed by atoms with Gasteiger partial charge in [0.2, 0.25) is 6.79 Å². The number of aliphatic hydroxyl groups excluding tert-OH is 1. The van der Waals surface area contributed by atoms with Crippen molar-refractivity contribution in [1.29, 1.82) is 5.26 Å². The van der Waals surface area contributed by atoms with Gasteiger partial charge in [-0.3, -0.25) is 4.79 Å². The van der Waals surface area contributed by atoms with Gasteiger partial charge in [-0.2, -0.15) is 5.26 Å². The zero-order valence-corrected chi connectivity index (χ0v) is 17.7. The predicted octanol–water partition coefficient (Wildman–Crippen LogP) is 3.04. The molecule has 4 rings (SSSR count). The molecule has 0 bridgehead atoms. The Hall–Kier alpha value is -4.22. The normalized spacial score (nSPS) is 12.5. The number of rotatable bonds is 9. The van der Waals surface area contributed by atoms with Crippen molar-refractivity contribution in [3.63, 3.8) is 0 Å². The minimum absolute atomic E-state index is 0.00137. The van der Waals surface area contributed by atoms with Gasteiger partial charge in [0.05, 0.1) is 11.6 Å². The lowest BCUT2D eigenvalue weighted by atomic mass is 10.1. The zero-order valence-electron chi connectivity index (χ0n) is 17.7. The second-order valence-electron chi connectivity index (χ2n) is 7.28. The van der Waals surface area contributed by atoms with Gasteiger partial charge in [-0.25, -0.2) is 0 Å². The fourth-order valence-corrected chi connectivity index (χ4v) is 3.17. The second kappa shape index (κ2) is 10.4. The van der Waals surface area contributed by atoms with E-state index in [2.05, 4.69) is 11.4 Å². The standard InChI is InChI=1S/C25H22N2O6/c26-12-18-4-1-2-5-19(18)14-30-21-7-3-6-17(10-21)25(29)27-13-20(28)15-31-22-8-9-23-24(11-22)33-16-32-23/h1-11,20,28H,13-16H2,(H,27,29). The first-order chi connectivity index (χ1) is 16.1. The third-order valence-electron chi connectivity index (χ3n) is 4.91. The minimum atomic E-state index is -0.902. The van der Waals surface area contributed by atoms with E-state index in [1.165, 1.54) is 0 Å². The van der Waals surface area contributed by atoms with Gasteiger partial charge in [-0.05, 0) is 36.4 Å². The summed E-state index contributed by atoms with van der Waals surface area (Å²) in [5.41, 5.74) is 1.70. The largest absolute Gasteiger partial charge is 0.491 e. The lowest BCUT2D eigenvalue weighted by Gasteiger charge is -2.14. The van der Waals surface area contributed by atoms with Gasteiger partial charge in [-0.1, -0.05) is 24.3 Å². The Morgan fingerprint density at radius 2 is 1.85 bits per heavy atom. The fraction of sp³-hybridized carbons (Fsp3) is 0.200. The molecule has 3 aromatic carbocycles. The van der Waals surface area contributed by atoms with Crippen LogP contribution >= 0.6 is 0 Å². The monoisotopic (exact) mass is 446 g/mol. The predicted molar refractivity (Wildman–Crippen MR) is 118 cm³/mol. The molecule has 3 aromatic rings. The molecular weight excluding hydrogens is 424 g/mol. The van der Waals surface area contributed by atoms with Gasteiger partial charge in [0.1, 0.15) is 30.8 Å². The molecule has 8 nitrogen and oxygen atoms in total. The maximum absolute atomic E-state index is 12.5. The van der Waals surface area contributed by atoms with Crippen LogP contribution < -0.4 is 24.3 Å². The second-order valence-corrected chi connectivity index (χ2v) is 7.28. The van der Waals surface area contributed by atoms with Gasteiger partial charge in [-0.15, -0.1) is 0 Å². The number of carbonyl (C=O) groups is 1. The molecule has 1 aliphatic rings. The van der Waals surface area contributed by atoms with Crippen LogP contribution in [-0.2, 0) is 6.61 Å². The Bertz CT molecular complexity index is 1170. The number of nitriles is 1. The number of hydrogen-bond donors (Lipinski definition) is 2. The number of nitrogens with one attached hydrogen (secondary N) is 1. The smallest absolute Gasteiger partial charge is 0.251 e. The van der Waals surface area contributed by atoms with E-state index in [0.717, 1.165) is 5.56 Å². The van der Waals surface area contributed by atoms with E-state index in [4.69, 9.17) is 18.9 Å². The van der Waals surface area contributed by atoms with E-state index in [1.807, 2.05) is 12.1 Å². The molecule has 0 aromatic heterocycles. The van der Waals surface area contributed by atoms with Gasteiger partial charge in [0, 0.05) is 23.7 Å². The number of carbonyl (C=O) groups excluding carboxylic acids is 1. The summed E-state index contributed by atoms with van der Waals surface area (Å²) in [6.07, 6.45) is -0.902. The molecule has 1 heterocycles. The highest BCUT2D eigenvalue weighted by Crippen LogP contribution is 2.35. The molecule has 0 aliphatic carbocycles. The van der Waals surface area contributed by atoms with Crippen LogP contribution in [0.1, 0.15) is 21.5 Å². The molecule has 0 saturated heterocycles. The summed E-state index contributed by atoms with van der Waals surface area (Å²) in [6.45, 7) is 0.406. The van der Waals surface area contributed by atoms with E-state index in [0.29, 0.717) is 34.1 Å². The van der Waals surface area contributed by atoms with Crippen molar-refractivity contribution in [3.05, 3.63) is 83.4 Å². The number of fused-ring (bicyclic) bond motifs is 1. The molecule has 0 fully saturated rings. The van der Waals surface area contributed by atoms with E-state index >= 15 is 0 Å². The molecular formula is C25H22N2O6. The van der Waals surface area contributed by atoms with E-state index < -0.39 is 6.10 Å². The van der Waals surface area contributed by atoms with Crippen molar-refractivity contribution in [2.75, 3.05) is 19.9 Å². The number of aliphatic hydroxyl groups is 1. The number of benzene rings is 3. The van der Waals surface area contributed by atoms with Crippen molar-refractivity contribution < 1.29 is 28.8 Å². The maximum Gasteiger partial charge on any atom is 0.251 e. The van der Waals surface area contributed by atoms with Crippen molar-refractivity contribution in [2.45, 2.75) is 12.7 Å². The lowest BCUT2D eigenvalue weighted by molar-refractivity contribution is 0.0843. The Balaban J connectivity index is 1.25. The Kier molecular flexibility index (Phi) is 6.93. The van der Waals surface area contributed by atoms with Crippen LogP contribution in [0.4, 0.5) is 0 Å². The highest BCUT2D eigenvalue weighted by molar-refractivity contribution is 5.94. The molecule has 2 N–H and O–H groups in total. The minimum Gasteiger partial charge on any atom is -0.491 e. The summed E-state index contributed by atoms with van der Waals surface area (Å²) in [5.74, 6) is 1.93. The molecule has 1 atom stereocenters. The molecule has 0 radical (unpaired) electrons. The average Bonchev–Trinajstić information content (AvgIpc) is 3.33. The van der Waals surface area contributed by atoms with Crippen molar-refractivity contribution in [1.82, 2.24) is 5.32 Å². The van der Waals surface area contributed by atoms with Crippen LogP contribution in [0.3, 0.4) is 0 Å². The molecule has 0 spiro atoms. The molecule has 8 heteroatoms. The Morgan fingerprint density at radius 3 is 2.73 bits per heavy atom. The summed E-state index contributed by atoms with van der Waals surface area (Å²) in [5, 5.41) is 22.0. The van der Waals surface area contributed by atoms with E-state index in [9.17, 15) is 15.2 Å². The first-order valence-electron chi connectivity index (χ1n) is 10.3. The summed E-state index contributed by atoms with van der Waals surface area (Å²) in [7, 11) is 0. The van der Waals surface area contributed by atoms with Gasteiger partial charge < -0.3 is 29.4 Å². The third-order valence-corrected chi connectivity index (χ3v) is 4.91. The molecule has 33 heavy (non-hydrogen) atoms. The number of nitrogens with zero attached hydrogens (tertiary/aromatic N) is 1. The van der Waals surface area contributed by atoms with E-state index in [-0.39, 0.29) is 32.5 Å². The van der Waals surface area contributed by atoms with Crippen LogP contribution in [0, 0.1) is 11.3 Å². The fourth-order valence-electron chi connectivity index (χ4n) is 3.17. The van der Waals surface area contributed by atoms with Crippen molar-refractivity contribution >= 4 is 5.91 Å². The maximum atomic E-state index is 12.5. The SMILES string of the molecule is N#Cc1ccccc1COc1cccc(C(=O)NCC(O)COc2ccc3c(c2)OCO3)c1. The van der Waals surface area contributed by atoms with Gasteiger partial charge >= 0.3 is 0 Å². The first kappa shape index (κ1) is 22.0. The molecule has 1 unspecified atom stereocenters. The number of hydrogen-bond acceptors (Lipinski definition) is 7. The molecule has 1 aliphatic heterocycles. The topological polar surface area (TPSA) is 110 Å². The summed E-state index contributed by atoms with van der Waals surface area (Å²) in [6, 6.07) is 21.2. The highest BCUT2D eigenvalue weighted by Gasteiger charge is 2.15. The molecule has 168 valence electrons. The van der Waals surface area contributed by atoms with Crippen LogP contribution in [0.25, 0.3) is 0 Å². The summed E-state index contributed by atoms with van der Waals surface area (Å²) in [4.78, 5) is 12.5. The number of ether oxygens (including phenoxy) is 4. The Morgan fingerprint density at radius 1 is 1.03 bits per heavy atom. The highest BCUT2D eigenvalue weighted by atomic mass is 16.7. The van der Waals surface area contributed by atoms with Crippen LogP contribution in [-0.4, -0.2) is 37.1 Å². The van der Waals surface area contributed by atoms with Gasteiger partial charge in [0.15, 0.2) is 11.5 Å². The number of amides is 1. The summed E-state index contributed by atoms with van der Waals surface area (Å²) < 4.78 is 21.9. The molecule has 0 saturated carbocycles. The Labute approximate surface area is 190 Å². The van der Waals surface area contributed by atoms with Crippen LogP contribution in [0.2, 0.25) is 0 Å². The zero-order chi connectivity index (χ0) is 23.0. The van der Waals surface area contributed by atoms with Crippen LogP contribution in [0.15, 0.2) is 66.7 Å².